The Morgan fingerprint density at radius 3 is 2.80 bits per heavy atom. The topological polar surface area (TPSA) is 24.9 Å². The Bertz CT molecular complexity index is 584. The van der Waals surface area contributed by atoms with Crippen molar-refractivity contribution in [2.24, 2.45) is 0 Å². The molecule has 1 N–H and O–H groups in total. The van der Waals surface area contributed by atoms with Gasteiger partial charge in [-0.25, -0.2) is 4.98 Å². The standard InChI is InChI=1S/C17H20N2S/c1-2-6-12(7-3-1)13-8-4-9-14-16(13)20-17(19-14)15-10-5-11-18-15/h1-3,6-7,13,15,18H,4-5,8-11H2. The van der Waals surface area contributed by atoms with Crippen molar-refractivity contribution in [1.29, 1.82) is 0 Å². The van der Waals surface area contributed by atoms with E-state index in [4.69, 9.17) is 4.98 Å². The van der Waals surface area contributed by atoms with E-state index in [2.05, 4.69) is 35.6 Å². The Balaban J connectivity index is 1.70. The third-order valence-corrected chi connectivity index (χ3v) is 5.85. The van der Waals surface area contributed by atoms with Gasteiger partial charge in [-0.15, -0.1) is 11.3 Å². The van der Waals surface area contributed by atoms with Crippen molar-refractivity contribution >= 4 is 11.3 Å². The van der Waals surface area contributed by atoms with Gasteiger partial charge in [0.05, 0.1) is 11.7 Å². The Labute approximate surface area is 124 Å². The molecule has 1 aliphatic carbocycles. The summed E-state index contributed by atoms with van der Waals surface area (Å²) in [7, 11) is 0. The maximum Gasteiger partial charge on any atom is 0.110 e. The molecule has 20 heavy (non-hydrogen) atoms. The number of hydrogen-bond donors (Lipinski definition) is 1. The molecule has 2 nitrogen and oxygen atoms in total. The van der Waals surface area contributed by atoms with Gasteiger partial charge in [-0.2, -0.15) is 0 Å². The lowest BCUT2D eigenvalue weighted by Gasteiger charge is -2.21. The molecule has 0 spiro atoms. The van der Waals surface area contributed by atoms with Crippen LogP contribution < -0.4 is 5.32 Å². The highest BCUT2D eigenvalue weighted by atomic mass is 32.1. The molecule has 2 atom stereocenters. The molecule has 0 amide bonds. The maximum atomic E-state index is 4.96. The zero-order chi connectivity index (χ0) is 13.4. The van der Waals surface area contributed by atoms with Crippen LogP contribution in [-0.4, -0.2) is 11.5 Å². The van der Waals surface area contributed by atoms with E-state index in [-0.39, 0.29) is 0 Å². The van der Waals surface area contributed by atoms with Crippen molar-refractivity contribution in [3.05, 3.63) is 51.5 Å². The quantitative estimate of drug-likeness (QED) is 0.900. The van der Waals surface area contributed by atoms with E-state index in [1.807, 2.05) is 11.3 Å². The lowest BCUT2D eigenvalue weighted by atomic mass is 9.86. The number of nitrogens with zero attached hydrogens (tertiary/aromatic N) is 1. The highest BCUT2D eigenvalue weighted by Gasteiger charge is 2.28. The van der Waals surface area contributed by atoms with Gasteiger partial charge in [0.2, 0.25) is 0 Å². The van der Waals surface area contributed by atoms with Crippen molar-refractivity contribution in [3.63, 3.8) is 0 Å². The summed E-state index contributed by atoms with van der Waals surface area (Å²) < 4.78 is 0. The van der Waals surface area contributed by atoms with E-state index < -0.39 is 0 Å². The number of rotatable bonds is 2. The molecule has 1 aromatic heterocycles. The van der Waals surface area contributed by atoms with Gasteiger partial charge in [0.15, 0.2) is 0 Å². The Kier molecular flexibility index (Phi) is 3.32. The molecule has 1 saturated heterocycles. The van der Waals surface area contributed by atoms with Crippen LogP contribution in [-0.2, 0) is 6.42 Å². The van der Waals surface area contributed by atoms with Crippen molar-refractivity contribution in [3.8, 4) is 0 Å². The Morgan fingerprint density at radius 1 is 1.10 bits per heavy atom. The van der Waals surface area contributed by atoms with Gasteiger partial charge >= 0.3 is 0 Å². The van der Waals surface area contributed by atoms with Gasteiger partial charge in [0, 0.05) is 10.8 Å². The molecule has 3 heteroatoms. The van der Waals surface area contributed by atoms with Crippen LogP contribution in [0.1, 0.15) is 58.8 Å². The fourth-order valence-electron chi connectivity index (χ4n) is 3.49. The largest absolute Gasteiger partial charge is 0.308 e. The third kappa shape index (κ3) is 2.19. The van der Waals surface area contributed by atoms with Gasteiger partial charge in [-0.05, 0) is 44.2 Å². The molecular formula is C17H20N2S. The molecule has 0 radical (unpaired) electrons. The number of thiazole rings is 1. The van der Waals surface area contributed by atoms with Crippen LogP contribution in [0.15, 0.2) is 30.3 Å². The van der Waals surface area contributed by atoms with Crippen molar-refractivity contribution in [2.45, 2.75) is 44.1 Å². The van der Waals surface area contributed by atoms with Crippen LogP contribution in [0.2, 0.25) is 0 Å². The van der Waals surface area contributed by atoms with Gasteiger partial charge in [-0.3, -0.25) is 0 Å². The molecule has 104 valence electrons. The monoisotopic (exact) mass is 284 g/mol. The average Bonchev–Trinajstić information content (AvgIpc) is 3.16. The first-order valence-corrected chi connectivity index (χ1v) is 8.51. The van der Waals surface area contributed by atoms with E-state index in [1.165, 1.54) is 53.2 Å². The van der Waals surface area contributed by atoms with E-state index >= 15 is 0 Å². The molecule has 2 unspecified atom stereocenters. The smallest absolute Gasteiger partial charge is 0.110 e. The first-order chi connectivity index (χ1) is 9.92. The Morgan fingerprint density at radius 2 is 2.00 bits per heavy atom. The SMILES string of the molecule is c1ccc(C2CCCc3nc(C4CCCN4)sc32)cc1. The minimum absolute atomic E-state index is 0.516. The summed E-state index contributed by atoms with van der Waals surface area (Å²) in [6, 6.07) is 11.5. The molecule has 1 aromatic carbocycles. The fourth-order valence-corrected chi connectivity index (χ4v) is 4.87. The summed E-state index contributed by atoms with van der Waals surface area (Å²) >= 11 is 1.96. The summed E-state index contributed by atoms with van der Waals surface area (Å²) in [6.45, 7) is 1.15. The number of aromatic nitrogens is 1. The first-order valence-electron chi connectivity index (χ1n) is 7.69. The molecule has 2 aromatic rings. The zero-order valence-corrected chi connectivity index (χ0v) is 12.5. The summed E-state index contributed by atoms with van der Waals surface area (Å²) in [5.41, 5.74) is 2.84. The second-order valence-corrected chi connectivity index (χ2v) is 6.93. The summed E-state index contributed by atoms with van der Waals surface area (Å²) in [5.74, 6) is 0.576. The molecule has 0 bridgehead atoms. The number of hydrogen-bond acceptors (Lipinski definition) is 3. The second-order valence-electron chi connectivity index (χ2n) is 5.87. The van der Waals surface area contributed by atoms with Crippen molar-refractivity contribution < 1.29 is 0 Å². The second kappa shape index (κ2) is 5.30. The summed E-state index contributed by atoms with van der Waals surface area (Å²) in [5, 5.41) is 4.91. The van der Waals surface area contributed by atoms with Crippen LogP contribution in [0.25, 0.3) is 0 Å². The van der Waals surface area contributed by atoms with Crippen molar-refractivity contribution in [1.82, 2.24) is 10.3 Å². The lowest BCUT2D eigenvalue weighted by Crippen LogP contribution is -2.12. The van der Waals surface area contributed by atoms with Gasteiger partial charge in [0.25, 0.3) is 0 Å². The number of nitrogens with one attached hydrogen (secondary N) is 1. The number of aryl methyl sites for hydroxylation is 1. The predicted molar refractivity (Wildman–Crippen MR) is 83.3 cm³/mol. The van der Waals surface area contributed by atoms with Crippen LogP contribution in [0.4, 0.5) is 0 Å². The number of fused-ring (bicyclic) bond motifs is 1. The van der Waals surface area contributed by atoms with E-state index in [1.54, 1.807) is 0 Å². The fraction of sp³-hybridized carbons (Fsp3) is 0.471. The molecule has 0 saturated carbocycles. The predicted octanol–water partition coefficient (Wildman–Crippen LogP) is 4.04. The third-order valence-electron chi connectivity index (χ3n) is 4.53. The molecule has 2 aliphatic rings. The minimum atomic E-state index is 0.516. The minimum Gasteiger partial charge on any atom is -0.308 e. The zero-order valence-electron chi connectivity index (χ0n) is 11.6. The molecule has 2 heterocycles. The van der Waals surface area contributed by atoms with Gasteiger partial charge in [0.1, 0.15) is 5.01 Å². The first kappa shape index (κ1) is 12.5. The normalized spacial score (nSPS) is 25.6. The average molecular weight is 284 g/mol. The highest BCUT2D eigenvalue weighted by molar-refractivity contribution is 7.12. The highest BCUT2D eigenvalue weighted by Crippen LogP contribution is 2.42. The van der Waals surface area contributed by atoms with Crippen LogP contribution in [0.5, 0.6) is 0 Å². The number of benzene rings is 1. The molecular weight excluding hydrogens is 264 g/mol. The molecule has 4 rings (SSSR count). The Hall–Kier alpha value is -1.19. The lowest BCUT2D eigenvalue weighted by molar-refractivity contribution is 0.607. The summed E-state index contributed by atoms with van der Waals surface area (Å²) in [6.07, 6.45) is 6.26. The van der Waals surface area contributed by atoms with E-state index in [9.17, 15) is 0 Å². The van der Waals surface area contributed by atoms with Crippen LogP contribution in [0, 0.1) is 0 Å². The van der Waals surface area contributed by atoms with E-state index in [0.717, 1.165) is 6.54 Å². The molecule has 1 aliphatic heterocycles. The van der Waals surface area contributed by atoms with E-state index in [0.29, 0.717) is 12.0 Å². The van der Waals surface area contributed by atoms with Crippen LogP contribution in [0.3, 0.4) is 0 Å². The van der Waals surface area contributed by atoms with Gasteiger partial charge < -0.3 is 5.32 Å². The van der Waals surface area contributed by atoms with Crippen LogP contribution >= 0.6 is 11.3 Å². The van der Waals surface area contributed by atoms with Crippen molar-refractivity contribution in [2.75, 3.05) is 6.54 Å². The van der Waals surface area contributed by atoms with Gasteiger partial charge in [-0.1, -0.05) is 30.3 Å². The molecule has 1 fully saturated rings. The maximum absolute atomic E-state index is 4.96. The summed E-state index contributed by atoms with van der Waals surface area (Å²) in [4.78, 5) is 6.50.